The molecule has 0 saturated carbocycles. The number of nitrogens with one attached hydrogen (secondary N) is 2. The Bertz CT molecular complexity index is 702. The van der Waals surface area contributed by atoms with Crippen LogP contribution in [0.2, 0.25) is 5.02 Å². The monoisotopic (exact) mass is 368 g/mol. The van der Waals surface area contributed by atoms with Gasteiger partial charge in [-0.3, -0.25) is 14.9 Å². The Kier molecular flexibility index (Phi) is 5.77. The molecule has 0 radical (unpaired) electrons. The average molecular weight is 369 g/mol. The van der Waals surface area contributed by atoms with E-state index >= 15 is 0 Å². The first kappa shape index (κ1) is 19.3. The Balaban J connectivity index is 2.05. The van der Waals surface area contributed by atoms with Crippen LogP contribution >= 0.6 is 11.6 Å². The van der Waals surface area contributed by atoms with Crippen LogP contribution in [-0.4, -0.2) is 35.1 Å². The van der Waals surface area contributed by atoms with Crippen molar-refractivity contribution in [3.8, 4) is 0 Å². The van der Waals surface area contributed by atoms with E-state index in [1.807, 2.05) is 20.8 Å². The summed E-state index contributed by atoms with van der Waals surface area (Å²) in [5, 5.41) is 10.4. The predicted octanol–water partition coefficient (Wildman–Crippen LogP) is 2.94. The lowest BCUT2D eigenvalue weighted by molar-refractivity contribution is -0.130. The van der Waals surface area contributed by atoms with Gasteiger partial charge in [0.05, 0.1) is 11.4 Å². The van der Waals surface area contributed by atoms with E-state index in [0.29, 0.717) is 19.4 Å². The Hall–Kier alpha value is -2.02. The number of halogens is 2. The molecule has 0 aromatic carbocycles. The zero-order valence-electron chi connectivity index (χ0n) is 14.5. The first-order chi connectivity index (χ1) is 11.6. The van der Waals surface area contributed by atoms with Gasteiger partial charge in [-0.2, -0.15) is 0 Å². The van der Waals surface area contributed by atoms with Crippen LogP contribution in [-0.2, 0) is 9.59 Å². The molecule has 2 heterocycles. The van der Waals surface area contributed by atoms with E-state index in [-0.39, 0.29) is 23.0 Å². The van der Waals surface area contributed by atoms with Crippen LogP contribution in [0.15, 0.2) is 12.3 Å². The highest BCUT2D eigenvalue weighted by Gasteiger charge is 2.34. The van der Waals surface area contributed by atoms with Gasteiger partial charge in [-0.1, -0.05) is 32.4 Å². The first-order valence-corrected chi connectivity index (χ1v) is 8.46. The van der Waals surface area contributed by atoms with Crippen molar-refractivity contribution in [2.24, 2.45) is 5.41 Å². The van der Waals surface area contributed by atoms with Gasteiger partial charge >= 0.3 is 0 Å². The standard InChI is InChI=1S/C17H22ClFN4O2/c1-17(2,3)13(20)8-14(24)22-16(25)12-5-4-6-23(12)15-11(19)7-10(18)9-21-15/h7,9,12,20H,4-6,8H2,1-3H3,(H,22,24,25). The minimum atomic E-state index is -0.670. The van der Waals surface area contributed by atoms with Gasteiger partial charge in [0.15, 0.2) is 11.6 Å². The Morgan fingerprint density at radius 1 is 1.48 bits per heavy atom. The molecule has 25 heavy (non-hydrogen) atoms. The van der Waals surface area contributed by atoms with Crippen LogP contribution < -0.4 is 10.2 Å². The van der Waals surface area contributed by atoms with Gasteiger partial charge in [-0.05, 0) is 18.9 Å². The third-order valence-electron chi connectivity index (χ3n) is 4.12. The number of rotatable bonds is 4. The Morgan fingerprint density at radius 2 is 2.16 bits per heavy atom. The summed E-state index contributed by atoms with van der Waals surface area (Å²) in [6.45, 7) is 5.96. The van der Waals surface area contributed by atoms with Crippen LogP contribution in [0.1, 0.15) is 40.0 Å². The van der Waals surface area contributed by atoms with Gasteiger partial charge < -0.3 is 10.3 Å². The van der Waals surface area contributed by atoms with Gasteiger partial charge in [-0.25, -0.2) is 9.37 Å². The van der Waals surface area contributed by atoms with E-state index in [9.17, 15) is 14.0 Å². The lowest BCUT2D eigenvalue weighted by atomic mass is 9.88. The molecule has 1 saturated heterocycles. The van der Waals surface area contributed by atoms with E-state index in [1.165, 1.54) is 6.20 Å². The second kappa shape index (κ2) is 7.47. The van der Waals surface area contributed by atoms with Gasteiger partial charge in [0.25, 0.3) is 0 Å². The first-order valence-electron chi connectivity index (χ1n) is 8.09. The largest absolute Gasteiger partial charge is 0.342 e. The van der Waals surface area contributed by atoms with Gasteiger partial charge in [0.1, 0.15) is 6.04 Å². The van der Waals surface area contributed by atoms with Crippen molar-refractivity contribution < 1.29 is 14.0 Å². The molecule has 0 aliphatic carbocycles. The van der Waals surface area contributed by atoms with Gasteiger partial charge in [-0.15, -0.1) is 0 Å². The van der Waals surface area contributed by atoms with Crippen LogP contribution in [0, 0.1) is 16.6 Å². The molecule has 0 bridgehead atoms. The molecule has 8 heteroatoms. The minimum Gasteiger partial charge on any atom is -0.342 e. The third-order valence-corrected chi connectivity index (χ3v) is 4.33. The number of hydrogen-bond donors (Lipinski definition) is 2. The molecule has 1 aliphatic heterocycles. The van der Waals surface area contributed by atoms with Crippen molar-refractivity contribution in [2.45, 2.75) is 46.1 Å². The lowest BCUT2D eigenvalue weighted by Crippen LogP contribution is -2.46. The number of hydrogen-bond acceptors (Lipinski definition) is 5. The van der Waals surface area contributed by atoms with Crippen molar-refractivity contribution in [3.63, 3.8) is 0 Å². The van der Waals surface area contributed by atoms with Crippen LogP contribution in [0.3, 0.4) is 0 Å². The molecule has 1 aromatic heterocycles. The van der Waals surface area contributed by atoms with Gasteiger partial charge in [0.2, 0.25) is 11.8 Å². The SMILES string of the molecule is CC(C)(C)C(=N)CC(=O)NC(=O)C1CCCN1c1ncc(Cl)cc1F. The van der Waals surface area contributed by atoms with Crippen molar-refractivity contribution in [2.75, 3.05) is 11.4 Å². The highest BCUT2D eigenvalue weighted by Crippen LogP contribution is 2.27. The summed E-state index contributed by atoms with van der Waals surface area (Å²) >= 11 is 5.71. The van der Waals surface area contributed by atoms with E-state index in [0.717, 1.165) is 6.07 Å². The maximum atomic E-state index is 14.1. The fourth-order valence-electron chi connectivity index (χ4n) is 2.60. The van der Waals surface area contributed by atoms with Crippen LogP contribution in [0.4, 0.5) is 10.2 Å². The highest BCUT2D eigenvalue weighted by molar-refractivity contribution is 6.30. The Labute approximate surface area is 151 Å². The number of anilines is 1. The molecular formula is C17H22ClFN4O2. The molecule has 2 N–H and O–H groups in total. The highest BCUT2D eigenvalue weighted by atomic mass is 35.5. The predicted molar refractivity (Wildman–Crippen MR) is 94.5 cm³/mol. The van der Waals surface area contributed by atoms with Crippen molar-refractivity contribution in [1.82, 2.24) is 10.3 Å². The zero-order valence-corrected chi connectivity index (χ0v) is 15.3. The van der Waals surface area contributed by atoms with E-state index in [4.69, 9.17) is 17.0 Å². The summed E-state index contributed by atoms with van der Waals surface area (Å²) in [6.07, 6.45) is 2.37. The second-order valence-corrected chi connectivity index (χ2v) is 7.56. The van der Waals surface area contributed by atoms with Crippen molar-refractivity contribution in [3.05, 3.63) is 23.1 Å². The molecule has 0 spiro atoms. The number of amides is 2. The van der Waals surface area contributed by atoms with Crippen LogP contribution in [0.25, 0.3) is 0 Å². The molecule has 2 amide bonds. The topological polar surface area (TPSA) is 86.2 Å². The third kappa shape index (κ3) is 4.75. The summed E-state index contributed by atoms with van der Waals surface area (Å²) in [5.74, 6) is -1.58. The second-order valence-electron chi connectivity index (χ2n) is 7.13. The van der Waals surface area contributed by atoms with Gasteiger partial charge in [0, 0.05) is 23.9 Å². The molecule has 2 rings (SSSR count). The number of carbonyl (C=O) groups is 2. The molecule has 136 valence electrons. The Morgan fingerprint density at radius 3 is 2.76 bits per heavy atom. The maximum Gasteiger partial charge on any atom is 0.249 e. The van der Waals surface area contributed by atoms with E-state index in [1.54, 1.807) is 4.90 Å². The smallest absolute Gasteiger partial charge is 0.249 e. The van der Waals surface area contributed by atoms with Crippen LogP contribution in [0.5, 0.6) is 0 Å². The summed E-state index contributed by atoms with van der Waals surface area (Å²) in [6, 6.07) is 0.475. The normalized spacial score (nSPS) is 17.5. The molecule has 1 aliphatic rings. The zero-order chi connectivity index (χ0) is 18.8. The average Bonchev–Trinajstić information content (AvgIpc) is 2.95. The molecule has 1 unspecified atom stereocenters. The summed E-state index contributed by atoms with van der Waals surface area (Å²) < 4.78 is 14.1. The van der Waals surface area contributed by atoms with Crippen molar-refractivity contribution >= 4 is 34.9 Å². The molecule has 1 atom stereocenters. The molecule has 6 nitrogen and oxygen atoms in total. The molecule has 1 fully saturated rings. The fraction of sp³-hybridized carbons (Fsp3) is 0.529. The summed E-state index contributed by atoms with van der Waals surface area (Å²) in [4.78, 5) is 30.0. The van der Waals surface area contributed by atoms with Crippen molar-refractivity contribution in [1.29, 1.82) is 5.41 Å². The number of pyridine rings is 1. The number of aromatic nitrogens is 1. The number of imide groups is 1. The molecular weight excluding hydrogens is 347 g/mol. The lowest BCUT2D eigenvalue weighted by Gasteiger charge is -2.25. The summed E-state index contributed by atoms with van der Waals surface area (Å²) in [7, 11) is 0. The molecule has 1 aromatic rings. The number of carbonyl (C=O) groups excluding carboxylic acids is 2. The maximum absolute atomic E-state index is 14.1. The summed E-state index contributed by atoms with van der Waals surface area (Å²) in [5.41, 5.74) is -0.192. The van der Waals surface area contributed by atoms with E-state index < -0.39 is 29.1 Å². The number of nitrogens with zero attached hydrogens (tertiary/aromatic N) is 2. The fourth-order valence-corrected chi connectivity index (χ4v) is 2.75. The minimum absolute atomic E-state index is 0.0527. The quantitative estimate of drug-likeness (QED) is 0.800. The van der Waals surface area contributed by atoms with E-state index in [2.05, 4.69) is 10.3 Å².